The van der Waals surface area contributed by atoms with Crippen LogP contribution in [0.2, 0.25) is 0 Å². The number of rotatable bonds is 26. The van der Waals surface area contributed by atoms with Crippen molar-refractivity contribution >= 4 is 16.0 Å². The predicted molar refractivity (Wildman–Crippen MR) is 147 cm³/mol. The van der Waals surface area contributed by atoms with Gasteiger partial charge in [-0.25, -0.2) is 0 Å². The second kappa shape index (κ2) is 26.9. The Balaban J connectivity index is 0. The molecular formula is C28H56NNaO5S. The standard InChI is InChI=1S/C28H57NO5S.Na/c1-3-5-7-9-11-13-14-16-18-22-26(30)27(35(32,33)34)23-19-20-24-28(31)29-25-21-17-15-12-10-8-6-4-2;/h26-27,30H,3-25H2,1-2H3,(H,29,31)(H,32,33,34);/q;+1/p-1. The Morgan fingerprint density at radius 2 is 1.11 bits per heavy atom. The van der Waals surface area contributed by atoms with E-state index in [1.807, 2.05) is 0 Å². The van der Waals surface area contributed by atoms with Crippen molar-refractivity contribution in [3.63, 3.8) is 0 Å². The Morgan fingerprint density at radius 1 is 0.694 bits per heavy atom. The molecule has 0 aromatic heterocycles. The van der Waals surface area contributed by atoms with Crippen LogP contribution >= 0.6 is 0 Å². The quantitative estimate of drug-likeness (QED) is 0.0566. The van der Waals surface area contributed by atoms with Crippen molar-refractivity contribution in [1.29, 1.82) is 0 Å². The summed E-state index contributed by atoms with van der Waals surface area (Å²) in [4.78, 5) is 4.10. The van der Waals surface area contributed by atoms with E-state index in [-0.39, 0.29) is 41.9 Å². The van der Waals surface area contributed by atoms with E-state index in [4.69, 9.17) is 0 Å². The van der Waals surface area contributed by atoms with E-state index in [0.29, 0.717) is 32.2 Å². The van der Waals surface area contributed by atoms with Crippen molar-refractivity contribution in [3.05, 3.63) is 0 Å². The van der Waals surface area contributed by atoms with Gasteiger partial charge in [0.2, 0.25) is 0 Å². The monoisotopic (exact) mass is 541 g/mol. The van der Waals surface area contributed by atoms with Crippen LogP contribution in [0.1, 0.15) is 155 Å². The number of unbranched alkanes of at least 4 members (excludes halogenated alkanes) is 16. The molecule has 0 aromatic rings. The minimum atomic E-state index is -4.31. The molecule has 0 radical (unpaired) electrons. The van der Waals surface area contributed by atoms with Crippen molar-refractivity contribution in [1.82, 2.24) is 0 Å². The van der Waals surface area contributed by atoms with Crippen LogP contribution in [0.5, 0.6) is 0 Å². The molecule has 0 bridgehead atoms. The third-order valence-electron chi connectivity index (χ3n) is 6.84. The van der Waals surface area contributed by atoms with E-state index in [9.17, 15) is 23.2 Å². The summed E-state index contributed by atoms with van der Waals surface area (Å²) >= 11 is 0. The Labute approximate surface area is 245 Å². The van der Waals surface area contributed by atoms with Crippen LogP contribution in [0, 0.1) is 0 Å². The normalized spacial score (nSPS) is 13.9. The summed E-state index contributed by atoms with van der Waals surface area (Å²) in [7, 11) is -4.31. The zero-order chi connectivity index (χ0) is 26.2. The summed E-state index contributed by atoms with van der Waals surface area (Å²) in [5.41, 5.74) is 0. The molecule has 6 nitrogen and oxygen atoms in total. The first kappa shape index (κ1) is 38.5. The van der Waals surface area contributed by atoms with Gasteiger partial charge in [0.1, 0.15) is 5.25 Å². The van der Waals surface area contributed by atoms with Crippen LogP contribution < -0.4 is 34.7 Å². The second-order valence-corrected chi connectivity index (χ2v) is 11.9. The molecule has 0 aliphatic carbocycles. The van der Waals surface area contributed by atoms with Gasteiger partial charge in [0.25, 0.3) is 10.1 Å². The third kappa shape index (κ3) is 24.7. The topological polar surface area (TPSA) is 110 Å². The maximum atomic E-state index is 11.9. The fourth-order valence-corrected chi connectivity index (χ4v) is 5.54. The summed E-state index contributed by atoms with van der Waals surface area (Å²) in [5.74, 6) is -0.133. The first-order valence-corrected chi connectivity index (χ1v) is 16.2. The summed E-state index contributed by atoms with van der Waals surface area (Å²) in [5, 5.41) is 21.2. The van der Waals surface area contributed by atoms with E-state index >= 15 is 0 Å². The molecule has 0 aromatic carbocycles. The maximum absolute atomic E-state index is 11.9. The molecule has 0 saturated heterocycles. The Morgan fingerprint density at radius 3 is 1.58 bits per heavy atom. The van der Waals surface area contributed by atoms with Gasteiger partial charge in [-0.15, -0.1) is 0 Å². The first-order valence-electron chi connectivity index (χ1n) is 14.7. The number of aliphatic hydroxyl groups is 1. The first-order chi connectivity index (χ1) is 16.8. The zero-order valence-corrected chi connectivity index (χ0v) is 26.7. The molecule has 0 aliphatic rings. The van der Waals surface area contributed by atoms with Crippen LogP contribution in [0.3, 0.4) is 0 Å². The van der Waals surface area contributed by atoms with Gasteiger partial charge in [0.05, 0.1) is 6.10 Å². The fourth-order valence-electron chi connectivity index (χ4n) is 4.54. The summed E-state index contributed by atoms with van der Waals surface area (Å²) in [6, 6.07) is 0. The van der Waals surface area contributed by atoms with Crippen molar-refractivity contribution < 1.29 is 52.7 Å². The summed E-state index contributed by atoms with van der Waals surface area (Å²) < 4.78 is 33.1. The minimum Gasteiger partial charge on any atom is -0.862 e. The molecule has 36 heavy (non-hydrogen) atoms. The van der Waals surface area contributed by atoms with E-state index < -0.39 is 21.5 Å². The van der Waals surface area contributed by atoms with E-state index in [1.54, 1.807) is 0 Å². The number of hydrogen-bond donors (Lipinski definition) is 2. The van der Waals surface area contributed by atoms with Gasteiger partial charge >= 0.3 is 29.6 Å². The molecule has 210 valence electrons. The van der Waals surface area contributed by atoms with Crippen molar-refractivity contribution in [2.45, 2.75) is 166 Å². The molecule has 8 heteroatoms. The summed E-state index contributed by atoms with van der Waals surface area (Å²) in [6.07, 6.45) is 20.8. The molecular weight excluding hydrogens is 485 g/mol. The molecule has 0 spiro atoms. The Hall–Kier alpha value is 0.340. The van der Waals surface area contributed by atoms with Gasteiger partial charge < -0.3 is 15.2 Å². The SMILES string of the molecule is CCCCCCCCCCCC(O)C(CCCCC([O-])=NCCCCCCCCCC)S(=O)(=O)O.[Na+]. The number of nitrogens with zero attached hydrogens (tertiary/aromatic N) is 1. The van der Waals surface area contributed by atoms with Gasteiger partial charge in [-0.3, -0.25) is 4.55 Å². The van der Waals surface area contributed by atoms with Crippen molar-refractivity contribution in [3.8, 4) is 0 Å². The Bertz CT molecular complexity index is 601. The predicted octanol–water partition coefficient (Wildman–Crippen LogP) is 3.99. The average Bonchev–Trinajstić information content (AvgIpc) is 2.81. The van der Waals surface area contributed by atoms with E-state index in [0.717, 1.165) is 32.1 Å². The Kier molecular flexibility index (Phi) is 28.8. The number of hydrogen-bond acceptors (Lipinski definition) is 5. The molecule has 0 aliphatic heterocycles. The van der Waals surface area contributed by atoms with Crippen molar-refractivity contribution in [2.75, 3.05) is 6.54 Å². The molecule has 2 N–H and O–H groups in total. The minimum absolute atomic E-state index is 0. The van der Waals surface area contributed by atoms with Gasteiger partial charge in [0.15, 0.2) is 0 Å². The largest absolute Gasteiger partial charge is 1.00 e. The maximum Gasteiger partial charge on any atom is 1.00 e. The van der Waals surface area contributed by atoms with Crippen molar-refractivity contribution in [2.24, 2.45) is 4.99 Å². The van der Waals surface area contributed by atoms with E-state index in [2.05, 4.69) is 18.8 Å². The van der Waals surface area contributed by atoms with E-state index in [1.165, 1.54) is 77.0 Å². The molecule has 0 amide bonds. The average molecular weight is 542 g/mol. The van der Waals surface area contributed by atoms with Gasteiger partial charge in [-0.1, -0.05) is 123 Å². The smallest absolute Gasteiger partial charge is 0.862 e. The van der Waals surface area contributed by atoms with Crippen LogP contribution in [0.15, 0.2) is 4.99 Å². The molecule has 2 atom stereocenters. The zero-order valence-electron chi connectivity index (χ0n) is 23.9. The molecule has 0 fully saturated rings. The molecule has 0 heterocycles. The van der Waals surface area contributed by atoms with Gasteiger partial charge in [-0.2, -0.15) is 8.42 Å². The molecule has 0 saturated carbocycles. The van der Waals surface area contributed by atoms with Crippen LogP contribution in [0.4, 0.5) is 0 Å². The number of aliphatic hydroxyl groups excluding tert-OH is 1. The summed E-state index contributed by atoms with van der Waals surface area (Å²) in [6.45, 7) is 4.99. The molecule has 0 rings (SSSR count). The fraction of sp³-hybridized carbons (Fsp3) is 0.964. The number of aliphatic imine (C=N–C) groups is 1. The van der Waals surface area contributed by atoms with Crippen LogP contribution in [-0.4, -0.2) is 41.9 Å². The van der Waals surface area contributed by atoms with Crippen LogP contribution in [0.25, 0.3) is 0 Å². The molecule has 2 unspecified atom stereocenters. The third-order valence-corrected chi connectivity index (χ3v) is 8.16. The van der Waals surface area contributed by atoms with Crippen LogP contribution in [-0.2, 0) is 10.1 Å². The van der Waals surface area contributed by atoms with Gasteiger partial charge in [-0.05, 0) is 38.0 Å². The second-order valence-electron chi connectivity index (χ2n) is 10.2. The van der Waals surface area contributed by atoms with Gasteiger partial charge in [0, 0.05) is 6.54 Å².